The standard InChI is InChI=1S/C14H9N3O3/c15-9-11(14(18)13-2-1-7-16-13)8-10-3-5-12(6-4-10)17(19)20/h1-8,16H/b11-8+. The van der Waals surface area contributed by atoms with Crippen molar-refractivity contribution in [3.8, 4) is 6.07 Å². The average Bonchev–Trinajstić information content (AvgIpc) is 2.98. The molecule has 0 aliphatic heterocycles. The zero-order chi connectivity index (χ0) is 14.5. The molecule has 20 heavy (non-hydrogen) atoms. The van der Waals surface area contributed by atoms with E-state index in [1.165, 1.54) is 30.3 Å². The third-order valence-corrected chi connectivity index (χ3v) is 2.62. The second-order valence-electron chi connectivity index (χ2n) is 3.93. The number of Topliss-reactive ketones (excluding diaryl/α,β-unsaturated/α-hetero) is 1. The number of carbonyl (C=O) groups excluding carboxylic acids is 1. The number of benzene rings is 1. The highest BCUT2D eigenvalue weighted by Gasteiger charge is 2.13. The van der Waals surface area contributed by atoms with E-state index in [1.807, 2.05) is 6.07 Å². The van der Waals surface area contributed by atoms with Crippen LogP contribution < -0.4 is 0 Å². The smallest absolute Gasteiger partial charge is 0.269 e. The molecule has 1 aromatic carbocycles. The van der Waals surface area contributed by atoms with Gasteiger partial charge in [-0.15, -0.1) is 0 Å². The maximum atomic E-state index is 12.0. The summed E-state index contributed by atoms with van der Waals surface area (Å²) in [7, 11) is 0. The van der Waals surface area contributed by atoms with Gasteiger partial charge < -0.3 is 4.98 Å². The van der Waals surface area contributed by atoms with Gasteiger partial charge in [0.05, 0.1) is 10.6 Å². The summed E-state index contributed by atoms with van der Waals surface area (Å²) < 4.78 is 0. The lowest BCUT2D eigenvalue weighted by molar-refractivity contribution is -0.384. The van der Waals surface area contributed by atoms with E-state index in [0.717, 1.165) is 0 Å². The number of allylic oxidation sites excluding steroid dienone is 1. The van der Waals surface area contributed by atoms with Gasteiger partial charge in [0, 0.05) is 18.3 Å². The molecule has 6 heteroatoms. The lowest BCUT2D eigenvalue weighted by atomic mass is 10.1. The number of nitro benzene ring substituents is 1. The van der Waals surface area contributed by atoms with Gasteiger partial charge in [-0.2, -0.15) is 5.26 Å². The molecule has 0 bridgehead atoms. The van der Waals surface area contributed by atoms with Crippen molar-refractivity contribution in [1.82, 2.24) is 4.98 Å². The Labute approximate surface area is 114 Å². The molecule has 0 unspecified atom stereocenters. The highest BCUT2D eigenvalue weighted by Crippen LogP contribution is 2.15. The minimum atomic E-state index is -0.511. The van der Waals surface area contributed by atoms with Gasteiger partial charge in [-0.1, -0.05) is 0 Å². The average molecular weight is 267 g/mol. The molecular formula is C14H9N3O3. The third kappa shape index (κ3) is 2.79. The number of carbonyl (C=O) groups is 1. The second-order valence-corrected chi connectivity index (χ2v) is 3.93. The van der Waals surface area contributed by atoms with E-state index in [0.29, 0.717) is 11.3 Å². The number of hydrogen-bond acceptors (Lipinski definition) is 4. The Morgan fingerprint density at radius 3 is 2.50 bits per heavy atom. The Bertz CT molecular complexity index is 707. The summed E-state index contributed by atoms with van der Waals surface area (Å²) in [5.74, 6) is -0.421. The second kappa shape index (κ2) is 5.63. The van der Waals surface area contributed by atoms with Crippen LogP contribution in [0.1, 0.15) is 16.1 Å². The first-order valence-corrected chi connectivity index (χ1v) is 5.66. The maximum Gasteiger partial charge on any atom is 0.269 e. The van der Waals surface area contributed by atoms with Crippen molar-refractivity contribution in [2.75, 3.05) is 0 Å². The van der Waals surface area contributed by atoms with Gasteiger partial charge in [0.15, 0.2) is 0 Å². The Balaban J connectivity index is 2.30. The zero-order valence-electron chi connectivity index (χ0n) is 10.2. The molecular weight excluding hydrogens is 258 g/mol. The van der Waals surface area contributed by atoms with Crippen molar-refractivity contribution in [3.05, 3.63) is 69.5 Å². The van der Waals surface area contributed by atoms with E-state index in [9.17, 15) is 14.9 Å². The molecule has 0 amide bonds. The summed E-state index contributed by atoms with van der Waals surface area (Å²) in [5, 5.41) is 19.6. The summed E-state index contributed by atoms with van der Waals surface area (Å²) in [5.41, 5.74) is 0.782. The Morgan fingerprint density at radius 2 is 2.00 bits per heavy atom. The lowest BCUT2D eigenvalue weighted by Gasteiger charge is -1.97. The number of hydrogen-bond donors (Lipinski definition) is 1. The number of nitriles is 1. The minimum absolute atomic E-state index is 0.0405. The fourth-order valence-corrected chi connectivity index (χ4v) is 1.62. The Hall–Kier alpha value is -3.20. The van der Waals surface area contributed by atoms with Crippen molar-refractivity contribution >= 4 is 17.5 Å². The van der Waals surface area contributed by atoms with Crippen molar-refractivity contribution in [2.24, 2.45) is 0 Å². The molecule has 0 saturated heterocycles. The molecule has 0 atom stereocenters. The number of ketones is 1. The minimum Gasteiger partial charge on any atom is -0.358 e. The van der Waals surface area contributed by atoms with Crippen LogP contribution in [-0.2, 0) is 0 Å². The molecule has 6 nitrogen and oxygen atoms in total. The number of aromatic nitrogens is 1. The highest BCUT2D eigenvalue weighted by molar-refractivity contribution is 6.13. The van der Waals surface area contributed by atoms with Crippen molar-refractivity contribution in [1.29, 1.82) is 5.26 Å². The Kier molecular flexibility index (Phi) is 3.72. The van der Waals surface area contributed by atoms with Gasteiger partial charge in [-0.25, -0.2) is 0 Å². The molecule has 2 rings (SSSR count). The molecule has 0 radical (unpaired) electrons. The van der Waals surface area contributed by atoms with Crippen LogP contribution in [0.15, 0.2) is 48.2 Å². The van der Waals surface area contributed by atoms with Crippen molar-refractivity contribution < 1.29 is 9.72 Å². The van der Waals surface area contributed by atoms with Crippen LogP contribution in [0, 0.1) is 21.4 Å². The van der Waals surface area contributed by atoms with E-state index in [1.54, 1.807) is 18.3 Å². The van der Waals surface area contributed by atoms with Crippen LogP contribution in [0.25, 0.3) is 6.08 Å². The molecule has 1 N–H and O–H groups in total. The molecule has 0 saturated carbocycles. The van der Waals surface area contributed by atoms with Crippen LogP contribution in [-0.4, -0.2) is 15.7 Å². The molecule has 1 heterocycles. The van der Waals surface area contributed by atoms with Crippen LogP contribution >= 0.6 is 0 Å². The van der Waals surface area contributed by atoms with E-state index in [4.69, 9.17) is 5.26 Å². The van der Waals surface area contributed by atoms with Gasteiger partial charge in [0.1, 0.15) is 11.6 Å². The number of nitrogens with one attached hydrogen (secondary N) is 1. The number of nitro groups is 1. The summed E-state index contributed by atoms with van der Waals surface area (Å²) >= 11 is 0. The van der Waals surface area contributed by atoms with Gasteiger partial charge in [-0.3, -0.25) is 14.9 Å². The molecule has 1 aromatic heterocycles. The molecule has 2 aromatic rings. The van der Waals surface area contributed by atoms with Gasteiger partial charge in [-0.05, 0) is 35.9 Å². The molecule has 0 spiro atoms. The maximum absolute atomic E-state index is 12.0. The molecule has 98 valence electrons. The Morgan fingerprint density at radius 1 is 1.30 bits per heavy atom. The summed E-state index contributed by atoms with van der Waals surface area (Å²) in [6, 6.07) is 10.7. The van der Waals surface area contributed by atoms with Crippen LogP contribution in [0.5, 0.6) is 0 Å². The first-order valence-electron chi connectivity index (χ1n) is 5.66. The fraction of sp³-hybridized carbons (Fsp3) is 0. The number of H-pyrrole nitrogens is 1. The number of rotatable bonds is 4. The molecule has 0 aliphatic carbocycles. The van der Waals surface area contributed by atoms with Crippen LogP contribution in [0.4, 0.5) is 5.69 Å². The zero-order valence-corrected chi connectivity index (χ0v) is 10.2. The van der Waals surface area contributed by atoms with E-state index < -0.39 is 10.7 Å². The normalized spacial score (nSPS) is 10.8. The topological polar surface area (TPSA) is 99.8 Å². The monoisotopic (exact) mass is 267 g/mol. The quantitative estimate of drug-likeness (QED) is 0.302. The lowest BCUT2D eigenvalue weighted by Crippen LogP contribution is -2.02. The third-order valence-electron chi connectivity index (χ3n) is 2.62. The van der Waals surface area contributed by atoms with Crippen LogP contribution in [0.3, 0.4) is 0 Å². The van der Waals surface area contributed by atoms with E-state index in [-0.39, 0.29) is 11.3 Å². The molecule has 0 fully saturated rings. The van der Waals surface area contributed by atoms with Crippen LogP contribution in [0.2, 0.25) is 0 Å². The summed E-state index contributed by atoms with van der Waals surface area (Å²) in [6.07, 6.45) is 2.99. The number of aromatic amines is 1. The number of nitrogens with zero attached hydrogens (tertiary/aromatic N) is 2. The van der Waals surface area contributed by atoms with Gasteiger partial charge >= 0.3 is 0 Å². The predicted molar refractivity (Wildman–Crippen MR) is 71.8 cm³/mol. The van der Waals surface area contributed by atoms with Gasteiger partial charge in [0.2, 0.25) is 5.78 Å². The van der Waals surface area contributed by atoms with Crippen molar-refractivity contribution in [2.45, 2.75) is 0 Å². The number of non-ortho nitro benzene ring substituents is 1. The van der Waals surface area contributed by atoms with E-state index in [2.05, 4.69) is 4.98 Å². The molecule has 0 aliphatic rings. The SMILES string of the molecule is N#C/C(=C\c1ccc([N+](=O)[O-])cc1)C(=O)c1ccc[nH]1. The van der Waals surface area contributed by atoms with Gasteiger partial charge in [0.25, 0.3) is 5.69 Å². The predicted octanol–water partition coefficient (Wildman–Crippen LogP) is 2.71. The highest BCUT2D eigenvalue weighted by atomic mass is 16.6. The largest absolute Gasteiger partial charge is 0.358 e. The summed E-state index contributed by atoms with van der Waals surface area (Å²) in [6.45, 7) is 0. The first kappa shape index (κ1) is 13.2. The van der Waals surface area contributed by atoms with E-state index >= 15 is 0 Å². The van der Waals surface area contributed by atoms with Crippen molar-refractivity contribution in [3.63, 3.8) is 0 Å². The summed E-state index contributed by atoms with van der Waals surface area (Å²) in [4.78, 5) is 24.7. The first-order chi connectivity index (χ1) is 9.61. The fourth-order valence-electron chi connectivity index (χ4n) is 1.62.